The molecule has 2 rings (SSSR count). The van der Waals surface area contributed by atoms with Crippen LogP contribution in [-0.2, 0) is 10.0 Å². The van der Waals surface area contributed by atoms with E-state index in [9.17, 15) is 17.2 Å². The van der Waals surface area contributed by atoms with Gasteiger partial charge in [0.2, 0.25) is 10.0 Å². The van der Waals surface area contributed by atoms with Crippen molar-refractivity contribution in [3.8, 4) is 0 Å². The Morgan fingerprint density at radius 2 is 1.83 bits per heavy atom. The summed E-state index contributed by atoms with van der Waals surface area (Å²) in [5.41, 5.74) is -0.0367. The fourth-order valence-electron chi connectivity index (χ4n) is 2.20. The van der Waals surface area contributed by atoms with Crippen molar-refractivity contribution in [1.82, 2.24) is 5.32 Å². The number of sulfonamides is 1. The van der Waals surface area contributed by atoms with Crippen molar-refractivity contribution in [2.75, 3.05) is 6.54 Å². The molecular formula is C11H14F2N2O2S. The van der Waals surface area contributed by atoms with Gasteiger partial charge in [0.15, 0.2) is 0 Å². The maximum atomic E-state index is 13.5. The van der Waals surface area contributed by atoms with Gasteiger partial charge in [0.05, 0.1) is 5.25 Å². The lowest BCUT2D eigenvalue weighted by molar-refractivity contribution is 0.383. The lowest BCUT2D eigenvalue weighted by Crippen LogP contribution is -2.43. The number of nitrogens with two attached hydrogens (primary N) is 1. The summed E-state index contributed by atoms with van der Waals surface area (Å²) in [6.07, 6.45) is 0.628. The predicted octanol–water partition coefficient (Wildman–Crippen LogP) is 1.05. The van der Waals surface area contributed by atoms with Crippen LogP contribution >= 0.6 is 0 Å². The Morgan fingerprint density at radius 3 is 2.28 bits per heavy atom. The molecule has 0 bridgehead atoms. The largest absolute Gasteiger partial charge is 0.308 e. The summed E-state index contributed by atoms with van der Waals surface area (Å²) < 4.78 is 49.4. The number of nitrogens with one attached hydrogen (secondary N) is 1. The molecule has 1 fully saturated rings. The number of hydrogen-bond donors (Lipinski definition) is 2. The lowest BCUT2D eigenvalue weighted by atomic mass is 9.96. The molecule has 0 aromatic heterocycles. The molecule has 2 unspecified atom stereocenters. The normalized spacial score (nSPS) is 25.1. The van der Waals surface area contributed by atoms with Crippen molar-refractivity contribution < 1.29 is 17.2 Å². The summed E-state index contributed by atoms with van der Waals surface area (Å²) in [6.45, 7) is 0.108. The molecule has 4 nitrogen and oxygen atoms in total. The third kappa shape index (κ3) is 2.68. The molecular weight excluding hydrogens is 262 g/mol. The highest BCUT2D eigenvalue weighted by atomic mass is 32.2. The van der Waals surface area contributed by atoms with Crippen molar-refractivity contribution in [1.29, 1.82) is 0 Å². The first-order valence-electron chi connectivity index (χ1n) is 5.58. The second-order valence-corrected chi connectivity index (χ2v) is 6.23. The Balaban J connectivity index is 2.15. The Hall–Kier alpha value is -1.05. The number of piperidine rings is 1. The van der Waals surface area contributed by atoms with Crippen molar-refractivity contribution in [3.05, 3.63) is 35.4 Å². The lowest BCUT2D eigenvalue weighted by Gasteiger charge is -2.29. The van der Waals surface area contributed by atoms with E-state index < -0.39 is 32.9 Å². The molecule has 3 N–H and O–H groups in total. The number of primary sulfonamides is 1. The van der Waals surface area contributed by atoms with Gasteiger partial charge < -0.3 is 5.32 Å². The minimum atomic E-state index is -3.60. The molecule has 100 valence electrons. The zero-order chi connectivity index (χ0) is 13.3. The Labute approximate surface area is 104 Å². The van der Waals surface area contributed by atoms with Crippen molar-refractivity contribution in [3.63, 3.8) is 0 Å². The molecule has 0 spiro atoms. The molecule has 0 amide bonds. The van der Waals surface area contributed by atoms with Crippen LogP contribution in [0.4, 0.5) is 8.78 Å². The van der Waals surface area contributed by atoms with Gasteiger partial charge in [-0.1, -0.05) is 6.07 Å². The fourth-order valence-corrected chi connectivity index (χ4v) is 2.99. The zero-order valence-electron chi connectivity index (χ0n) is 9.57. The summed E-state index contributed by atoms with van der Waals surface area (Å²) >= 11 is 0. The van der Waals surface area contributed by atoms with Crippen molar-refractivity contribution in [2.45, 2.75) is 24.1 Å². The van der Waals surface area contributed by atoms with Gasteiger partial charge in [0.1, 0.15) is 11.6 Å². The Morgan fingerprint density at radius 1 is 1.22 bits per heavy atom. The molecule has 1 aliphatic rings. The van der Waals surface area contributed by atoms with Gasteiger partial charge in [-0.3, -0.25) is 0 Å². The summed E-state index contributed by atoms with van der Waals surface area (Å²) in [5, 5.41) is 7.18. The highest BCUT2D eigenvalue weighted by molar-refractivity contribution is 7.89. The van der Waals surface area contributed by atoms with E-state index >= 15 is 0 Å². The standard InChI is InChI=1S/C11H14F2N2O2S/c12-8-2-1-3-9(13)11(8)10-5-4-7(6-15-10)18(14,16)17/h1-3,7,10,15H,4-6H2,(H2,14,16,17). The van der Waals surface area contributed by atoms with Gasteiger partial charge in [0.25, 0.3) is 0 Å². The maximum absolute atomic E-state index is 13.5. The Kier molecular flexibility index (Phi) is 3.65. The van der Waals surface area contributed by atoms with Crippen LogP contribution in [0.25, 0.3) is 0 Å². The van der Waals surface area contributed by atoms with Crippen LogP contribution in [0.5, 0.6) is 0 Å². The number of rotatable bonds is 2. The first kappa shape index (κ1) is 13.4. The predicted molar refractivity (Wildman–Crippen MR) is 63.2 cm³/mol. The second-order valence-electron chi connectivity index (χ2n) is 4.38. The van der Waals surface area contributed by atoms with Crippen LogP contribution in [0.3, 0.4) is 0 Å². The topological polar surface area (TPSA) is 72.2 Å². The van der Waals surface area contributed by atoms with Gasteiger partial charge in [-0.25, -0.2) is 22.3 Å². The highest BCUT2D eigenvalue weighted by Gasteiger charge is 2.30. The quantitative estimate of drug-likeness (QED) is 0.848. The van der Waals surface area contributed by atoms with Gasteiger partial charge in [-0.2, -0.15) is 0 Å². The van der Waals surface area contributed by atoms with E-state index in [4.69, 9.17) is 5.14 Å². The van der Waals surface area contributed by atoms with E-state index in [2.05, 4.69) is 5.32 Å². The molecule has 1 aromatic rings. The summed E-state index contributed by atoms with van der Waals surface area (Å²) in [6, 6.07) is 3.16. The van der Waals surface area contributed by atoms with E-state index in [0.717, 1.165) is 0 Å². The van der Waals surface area contributed by atoms with Crippen LogP contribution in [-0.4, -0.2) is 20.2 Å². The number of benzene rings is 1. The van der Waals surface area contributed by atoms with Crippen LogP contribution < -0.4 is 10.5 Å². The molecule has 1 aromatic carbocycles. The minimum absolute atomic E-state index is 0.0367. The molecule has 18 heavy (non-hydrogen) atoms. The average molecular weight is 276 g/mol. The van der Waals surface area contributed by atoms with Crippen LogP contribution in [0.2, 0.25) is 0 Å². The van der Waals surface area contributed by atoms with Gasteiger partial charge in [-0.15, -0.1) is 0 Å². The first-order chi connectivity index (χ1) is 8.39. The third-order valence-corrected chi connectivity index (χ3v) is 4.51. The molecule has 0 aliphatic carbocycles. The average Bonchev–Trinajstić information content (AvgIpc) is 2.28. The van der Waals surface area contributed by atoms with E-state index in [1.807, 2.05) is 0 Å². The summed E-state index contributed by atoms with van der Waals surface area (Å²) in [7, 11) is -3.60. The minimum Gasteiger partial charge on any atom is -0.308 e. The van der Waals surface area contributed by atoms with Crippen molar-refractivity contribution >= 4 is 10.0 Å². The molecule has 1 aliphatic heterocycles. The Bertz CT molecular complexity index is 520. The smallest absolute Gasteiger partial charge is 0.213 e. The molecule has 1 saturated heterocycles. The number of hydrogen-bond acceptors (Lipinski definition) is 3. The summed E-state index contributed by atoms with van der Waals surface area (Å²) in [5.74, 6) is -1.25. The molecule has 7 heteroatoms. The van der Waals surface area contributed by atoms with E-state index in [-0.39, 0.29) is 12.1 Å². The fraction of sp³-hybridized carbons (Fsp3) is 0.455. The van der Waals surface area contributed by atoms with Gasteiger partial charge in [-0.05, 0) is 25.0 Å². The maximum Gasteiger partial charge on any atom is 0.213 e. The van der Waals surface area contributed by atoms with E-state index in [1.54, 1.807) is 0 Å². The highest BCUT2D eigenvalue weighted by Crippen LogP contribution is 2.28. The van der Waals surface area contributed by atoms with Crippen molar-refractivity contribution in [2.24, 2.45) is 5.14 Å². The molecule has 2 atom stereocenters. The first-order valence-corrected chi connectivity index (χ1v) is 7.19. The third-order valence-electron chi connectivity index (χ3n) is 3.18. The van der Waals surface area contributed by atoms with Crippen LogP contribution in [0, 0.1) is 11.6 Å². The monoisotopic (exact) mass is 276 g/mol. The second kappa shape index (κ2) is 4.91. The van der Waals surface area contributed by atoms with Gasteiger partial charge >= 0.3 is 0 Å². The molecule has 0 radical (unpaired) electrons. The van der Waals surface area contributed by atoms with Gasteiger partial charge in [0, 0.05) is 18.2 Å². The SMILES string of the molecule is NS(=O)(=O)C1CCC(c2c(F)cccc2F)NC1. The summed E-state index contributed by atoms with van der Waals surface area (Å²) in [4.78, 5) is 0. The molecule has 1 heterocycles. The van der Waals surface area contributed by atoms with Crippen LogP contribution in [0.15, 0.2) is 18.2 Å². The van der Waals surface area contributed by atoms with Crippen LogP contribution in [0.1, 0.15) is 24.4 Å². The number of halogens is 2. The van der Waals surface area contributed by atoms with E-state index in [0.29, 0.717) is 12.8 Å². The zero-order valence-corrected chi connectivity index (χ0v) is 10.4. The van der Waals surface area contributed by atoms with E-state index in [1.165, 1.54) is 18.2 Å². The molecule has 0 saturated carbocycles.